The van der Waals surface area contributed by atoms with E-state index in [-0.39, 0.29) is 5.91 Å². The molecule has 0 fully saturated rings. The number of thiazole rings is 1. The summed E-state index contributed by atoms with van der Waals surface area (Å²) >= 11 is 1.63. The summed E-state index contributed by atoms with van der Waals surface area (Å²) in [5, 5.41) is 3.88. The summed E-state index contributed by atoms with van der Waals surface area (Å²) in [4.78, 5) is 16.8. The Hall–Kier alpha value is -2.60. The minimum absolute atomic E-state index is 0.211. The minimum atomic E-state index is -0.211. The summed E-state index contributed by atoms with van der Waals surface area (Å²) in [5.41, 5.74) is 2.09. The molecule has 6 heteroatoms. The largest absolute Gasteiger partial charge is 0.493 e. The maximum atomic E-state index is 12.4. The summed E-state index contributed by atoms with van der Waals surface area (Å²) in [7, 11) is 3.10. The lowest BCUT2D eigenvalue weighted by molar-refractivity contribution is 0.102. The number of nitrogens with zero attached hydrogens (tertiary/aromatic N) is 1. The van der Waals surface area contributed by atoms with Crippen molar-refractivity contribution in [3.05, 3.63) is 47.0 Å². The van der Waals surface area contributed by atoms with Crippen molar-refractivity contribution in [1.29, 1.82) is 0 Å². The van der Waals surface area contributed by atoms with Crippen molar-refractivity contribution in [2.75, 3.05) is 19.5 Å². The van der Waals surface area contributed by atoms with Crippen LogP contribution in [-0.4, -0.2) is 25.1 Å². The van der Waals surface area contributed by atoms with Crippen LogP contribution in [0.5, 0.6) is 11.5 Å². The molecule has 23 heavy (non-hydrogen) atoms. The molecule has 0 unspecified atom stereocenters. The van der Waals surface area contributed by atoms with Crippen molar-refractivity contribution in [3.8, 4) is 11.5 Å². The highest BCUT2D eigenvalue weighted by Gasteiger charge is 2.11. The van der Waals surface area contributed by atoms with Crippen LogP contribution >= 0.6 is 11.3 Å². The van der Waals surface area contributed by atoms with E-state index in [2.05, 4.69) is 10.3 Å². The Morgan fingerprint density at radius 2 is 1.87 bits per heavy atom. The zero-order chi connectivity index (χ0) is 16.4. The van der Waals surface area contributed by atoms with Crippen LogP contribution in [0.3, 0.4) is 0 Å². The lowest BCUT2D eigenvalue weighted by Gasteiger charge is -2.10. The highest BCUT2D eigenvalue weighted by Crippen LogP contribution is 2.28. The number of anilines is 1. The molecular formula is C17H16N2O3S. The Morgan fingerprint density at radius 1 is 1.09 bits per heavy atom. The molecule has 2 aromatic carbocycles. The third kappa shape index (κ3) is 3.12. The molecule has 0 saturated heterocycles. The van der Waals surface area contributed by atoms with Gasteiger partial charge in [0.25, 0.3) is 5.91 Å². The average molecular weight is 328 g/mol. The molecule has 1 N–H and O–H groups in total. The molecule has 5 nitrogen and oxygen atoms in total. The second-order valence-electron chi connectivity index (χ2n) is 4.94. The monoisotopic (exact) mass is 328 g/mol. The number of hydrogen-bond donors (Lipinski definition) is 1. The van der Waals surface area contributed by atoms with Crippen molar-refractivity contribution < 1.29 is 14.3 Å². The van der Waals surface area contributed by atoms with Crippen LogP contribution in [0.4, 0.5) is 5.69 Å². The highest BCUT2D eigenvalue weighted by atomic mass is 32.1. The van der Waals surface area contributed by atoms with Gasteiger partial charge in [-0.15, -0.1) is 11.3 Å². The molecule has 3 rings (SSSR count). The van der Waals surface area contributed by atoms with Gasteiger partial charge >= 0.3 is 0 Å². The number of amides is 1. The summed E-state index contributed by atoms with van der Waals surface area (Å²) in [5.74, 6) is 0.895. The van der Waals surface area contributed by atoms with Gasteiger partial charge in [-0.2, -0.15) is 0 Å². The Bertz CT molecular complexity index is 873. The summed E-state index contributed by atoms with van der Waals surface area (Å²) in [6, 6.07) is 10.8. The number of hydrogen-bond acceptors (Lipinski definition) is 5. The number of carbonyl (C=O) groups excluding carboxylic acids is 1. The quantitative estimate of drug-likeness (QED) is 0.790. The normalized spacial score (nSPS) is 10.6. The second-order valence-corrected chi connectivity index (χ2v) is 6.17. The molecular weight excluding hydrogens is 312 g/mol. The first-order valence-electron chi connectivity index (χ1n) is 7.01. The number of nitrogens with one attached hydrogen (secondary N) is 1. The van der Waals surface area contributed by atoms with Crippen LogP contribution in [0.25, 0.3) is 10.2 Å². The number of benzene rings is 2. The maximum Gasteiger partial charge on any atom is 0.255 e. The molecule has 3 aromatic rings. The molecule has 0 spiro atoms. The van der Waals surface area contributed by atoms with Crippen molar-refractivity contribution >= 4 is 33.1 Å². The SMILES string of the molecule is COc1ccc(C(=O)Nc2ccc3sc(C)nc3c2)cc1OC. The average Bonchev–Trinajstić information content (AvgIpc) is 2.93. The smallest absolute Gasteiger partial charge is 0.255 e. The third-order valence-corrected chi connectivity index (χ3v) is 4.35. The number of carbonyl (C=O) groups is 1. The van der Waals surface area contributed by atoms with Crippen LogP contribution in [-0.2, 0) is 0 Å². The van der Waals surface area contributed by atoms with E-state index < -0.39 is 0 Å². The first-order chi connectivity index (χ1) is 11.1. The van der Waals surface area contributed by atoms with Gasteiger partial charge in [0, 0.05) is 11.3 Å². The number of aryl methyl sites for hydroxylation is 1. The van der Waals surface area contributed by atoms with E-state index in [9.17, 15) is 4.79 Å². The molecule has 0 aliphatic heterocycles. The van der Waals surface area contributed by atoms with Gasteiger partial charge in [0.15, 0.2) is 11.5 Å². The van der Waals surface area contributed by atoms with Gasteiger partial charge in [0.1, 0.15) is 0 Å². The molecule has 1 heterocycles. The standard InChI is InChI=1S/C17H16N2O3S/c1-10-18-13-9-12(5-7-16(13)23-10)19-17(20)11-4-6-14(21-2)15(8-11)22-3/h4-9H,1-3H3,(H,19,20). The van der Waals surface area contributed by atoms with Crippen LogP contribution in [0.2, 0.25) is 0 Å². The maximum absolute atomic E-state index is 12.4. The van der Waals surface area contributed by atoms with Gasteiger partial charge in [-0.05, 0) is 43.3 Å². The molecule has 0 bridgehead atoms. The molecule has 1 amide bonds. The molecule has 1 aromatic heterocycles. The number of ether oxygens (including phenoxy) is 2. The molecule has 0 aliphatic rings. The second kappa shape index (κ2) is 6.26. The summed E-state index contributed by atoms with van der Waals surface area (Å²) in [6.07, 6.45) is 0. The predicted octanol–water partition coefficient (Wildman–Crippen LogP) is 3.87. The molecule has 0 radical (unpaired) electrons. The van der Waals surface area contributed by atoms with Crippen LogP contribution in [0.15, 0.2) is 36.4 Å². The number of rotatable bonds is 4. The van der Waals surface area contributed by atoms with E-state index in [0.29, 0.717) is 22.7 Å². The molecule has 118 valence electrons. The van der Waals surface area contributed by atoms with E-state index in [1.807, 2.05) is 25.1 Å². The zero-order valence-electron chi connectivity index (χ0n) is 13.0. The van der Waals surface area contributed by atoms with Gasteiger partial charge < -0.3 is 14.8 Å². The fourth-order valence-electron chi connectivity index (χ4n) is 2.30. The third-order valence-electron chi connectivity index (χ3n) is 3.40. The first-order valence-corrected chi connectivity index (χ1v) is 7.83. The van der Waals surface area contributed by atoms with E-state index in [4.69, 9.17) is 9.47 Å². The molecule has 0 saturated carbocycles. The van der Waals surface area contributed by atoms with Crippen molar-refractivity contribution in [2.24, 2.45) is 0 Å². The fraction of sp³-hybridized carbons (Fsp3) is 0.176. The van der Waals surface area contributed by atoms with Crippen LogP contribution in [0.1, 0.15) is 15.4 Å². The predicted molar refractivity (Wildman–Crippen MR) is 91.9 cm³/mol. The first kappa shape index (κ1) is 15.3. The molecule has 0 aliphatic carbocycles. The lowest BCUT2D eigenvalue weighted by atomic mass is 10.2. The van der Waals surface area contributed by atoms with Gasteiger partial charge in [-0.25, -0.2) is 4.98 Å². The van der Waals surface area contributed by atoms with E-state index in [1.54, 1.807) is 36.6 Å². The Morgan fingerprint density at radius 3 is 2.61 bits per heavy atom. The Kier molecular flexibility index (Phi) is 4.16. The topological polar surface area (TPSA) is 60.5 Å². The minimum Gasteiger partial charge on any atom is -0.493 e. The highest BCUT2D eigenvalue weighted by molar-refractivity contribution is 7.18. The van der Waals surface area contributed by atoms with Crippen LogP contribution in [0, 0.1) is 6.92 Å². The molecule has 0 atom stereocenters. The zero-order valence-corrected chi connectivity index (χ0v) is 13.9. The van der Waals surface area contributed by atoms with Gasteiger partial charge in [0.2, 0.25) is 0 Å². The van der Waals surface area contributed by atoms with E-state index in [1.165, 1.54) is 7.11 Å². The van der Waals surface area contributed by atoms with E-state index >= 15 is 0 Å². The van der Waals surface area contributed by atoms with Crippen molar-refractivity contribution in [3.63, 3.8) is 0 Å². The number of aromatic nitrogens is 1. The Balaban J connectivity index is 1.85. The fourth-order valence-corrected chi connectivity index (χ4v) is 3.11. The van der Waals surface area contributed by atoms with Gasteiger partial charge in [-0.1, -0.05) is 0 Å². The van der Waals surface area contributed by atoms with Crippen molar-refractivity contribution in [1.82, 2.24) is 4.98 Å². The van der Waals surface area contributed by atoms with Crippen LogP contribution < -0.4 is 14.8 Å². The van der Waals surface area contributed by atoms with Gasteiger partial charge in [-0.3, -0.25) is 4.79 Å². The number of fused-ring (bicyclic) bond motifs is 1. The Labute approximate surface area is 137 Å². The van der Waals surface area contributed by atoms with E-state index in [0.717, 1.165) is 15.2 Å². The lowest BCUT2D eigenvalue weighted by Crippen LogP contribution is -2.12. The summed E-state index contributed by atoms with van der Waals surface area (Å²) < 4.78 is 11.5. The van der Waals surface area contributed by atoms with Crippen molar-refractivity contribution in [2.45, 2.75) is 6.92 Å². The number of methoxy groups -OCH3 is 2. The summed E-state index contributed by atoms with van der Waals surface area (Å²) in [6.45, 7) is 1.96. The van der Waals surface area contributed by atoms with Gasteiger partial charge in [0.05, 0.1) is 29.4 Å².